The molecule has 5 heteroatoms. The van der Waals surface area contributed by atoms with E-state index in [1.54, 1.807) is 6.20 Å². The summed E-state index contributed by atoms with van der Waals surface area (Å²) in [5, 5.41) is 2.84. The van der Waals surface area contributed by atoms with E-state index in [1.165, 1.54) is 23.5 Å². The molecule has 2 heterocycles. The molecule has 1 aliphatic heterocycles. The van der Waals surface area contributed by atoms with E-state index in [-0.39, 0.29) is 5.91 Å². The quantitative estimate of drug-likeness (QED) is 0.899. The van der Waals surface area contributed by atoms with Gasteiger partial charge in [-0.05, 0) is 60.2 Å². The van der Waals surface area contributed by atoms with Crippen molar-refractivity contribution in [1.82, 2.24) is 4.98 Å². The second-order valence-corrected chi connectivity index (χ2v) is 7.95. The molecule has 1 aromatic heterocycles. The Morgan fingerprint density at radius 2 is 1.91 bits per heavy atom. The van der Waals surface area contributed by atoms with Crippen molar-refractivity contribution in [2.45, 2.75) is 17.9 Å². The molecule has 3 rings (SSSR count). The molecule has 0 bridgehead atoms. The van der Waals surface area contributed by atoms with Crippen molar-refractivity contribution in [3.8, 4) is 0 Å². The van der Waals surface area contributed by atoms with Crippen molar-refractivity contribution >= 4 is 35.2 Å². The van der Waals surface area contributed by atoms with E-state index in [9.17, 15) is 4.79 Å². The fraction of sp³-hybridized carbons (Fsp3) is 0.294. The minimum absolute atomic E-state index is 0.117. The Morgan fingerprint density at radius 3 is 2.59 bits per heavy atom. The van der Waals surface area contributed by atoms with Gasteiger partial charge in [-0.3, -0.25) is 4.79 Å². The number of aryl methyl sites for hydroxylation is 1. The maximum atomic E-state index is 12.3. The van der Waals surface area contributed by atoms with Crippen LogP contribution in [0.2, 0.25) is 0 Å². The molecule has 0 radical (unpaired) electrons. The Morgan fingerprint density at radius 1 is 1.18 bits per heavy atom. The molecule has 0 spiro atoms. The highest BCUT2D eigenvalue weighted by molar-refractivity contribution is 8.16. The maximum Gasteiger partial charge on any atom is 0.256 e. The molecule has 3 nitrogen and oxygen atoms in total. The Labute approximate surface area is 139 Å². The molecule has 1 fully saturated rings. The fourth-order valence-electron chi connectivity index (χ4n) is 2.26. The number of hydrogen-bond donors (Lipinski definition) is 1. The molecular formula is C17H18N2OS2. The van der Waals surface area contributed by atoms with Crippen LogP contribution in [-0.2, 0) is 0 Å². The molecule has 0 atom stereocenters. The van der Waals surface area contributed by atoms with E-state index in [0.717, 1.165) is 5.56 Å². The predicted molar refractivity (Wildman–Crippen MR) is 95.6 cm³/mol. The van der Waals surface area contributed by atoms with Gasteiger partial charge in [-0.15, -0.1) is 23.5 Å². The van der Waals surface area contributed by atoms with Gasteiger partial charge in [-0.2, -0.15) is 0 Å². The lowest BCUT2D eigenvalue weighted by atomic mass is 10.1. The van der Waals surface area contributed by atoms with Gasteiger partial charge in [-0.25, -0.2) is 4.98 Å². The number of carbonyl (C=O) groups is 1. The van der Waals surface area contributed by atoms with Gasteiger partial charge in [0.05, 0.1) is 4.58 Å². The van der Waals surface area contributed by atoms with Gasteiger partial charge in [0.1, 0.15) is 5.82 Å². The smallest absolute Gasteiger partial charge is 0.256 e. The summed E-state index contributed by atoms with van der Waals surface area (Å²) in [5.41, 5.74) is 3.03. The minimum Gasteiger partial charge on any atom is -0.307 e. The molecular weight excluding hydrogens is 312 g/mol. The number of carbonyl (C=O) groups excluding carboxylic acids is 1. The van der Waals surface area contributed by atoms with E-state index in [1.807, 2.05) is 54.7 Å². The fourth-order valence-corrected chi connectivity index (χ4v) is 5.16. The van der Waals surface area contributed by atoms with Crippen LogP contribution in [0, 0.1) is 6.92 Å². The summed E-state index contributed by atoms with van der Waals surface area (Å²) in [6.45, 7) is 1.98. The van der Waals surface area contributed by atoms with Crippen LogP contribution in [0.3, 0.4) is 0 Å². The van der Waals surface area contributed by atoms with E-state index in [0.29, 0.717) is 16.0 Å². The summed E-state index contributed by atoms with van der Waals surface area (Å²) in [4.78, 5) is 16.4. The topological polar surface area (TPSA) is 42.0 Å². The average Bonchev–Trinajstić information content (AvgIpc) is 2.56. The number of hydrogen-bond acceptors (Lipinski definition) is 4. The highest BCUT2D eigenvalue weighted by Gasteiger charge is 2.17. The van der Waals surface area contributed by atoms with Crippen molar-refractivity contribution in [3.63, 3.8) is 0 Å². The number of aromatic nitrogens is 1. The number of amides is 1. The van der Waals surface area contributed by atoms with Crippen molar-refractivity contribution in [3.05, 3.63) is 59.3 Å². The molecule has 1 N–H and O–H groups in total. The summed E-state index contributed by atoms with van der Waals surface area (Å²) in [7, 11) is 0. The number of nitrogens with one attached hydrogen (secondary N) is 1. The summed E-state index contributed by atoms with van der Waals surface area (Å²) < 4.78 is 0.504. The van der Waals surface area contributed by atoms with Crippen LogP contribution in [0.1, 0.15) is 32.5 Å². The first-order valence-electron chi connectivity index (χ1n) is 7.29. The molecule has 0 unspecified atom stereocenters. The predicted octanol–water partition coefficient (Wildman–Crippen LogP) is 4.51. The lowest BCUT2D eigenvalue weighted by Gasteiger charge is -2.21. The lowest BCUT2D eigenvalue weighted by molar-refractivity contribution is 0.102. The number of anilines is 1. The van der Waals surface area contributed by atoms with Gasteiger partial charge in [-0.1, -0.05) is 12.1 Å². The zero-order valence-corrected chi connectivity index (χ0v) is 14.0. The van der Waals surface area contributed by atoms with Crippen LogP contribution in [0.5, 0.6) is 0 Å². The van der Waals surface area contributed by atoms with E-state index < -0.39 is 0 Å². The normalized spacial score (nSPS) is 15.5. The molecule has 1 aromatic carbocycles. The number of pyridine rings is 1. The number of benzene rings is 1. The van der Waals surface area contributed by atoms with Gasteiger partial charge in [0.2, 0.25) is 0 Å². The molecule has 114 valence electrons. The second kappa shape index (κ2) is 7.20. The van der Waals surface area contributed by atoms with Crippen LogP contribution in [0.4, 0.5) is 5.82 Å². The molecule has 1 amide bonds. The SMILES string of the molecule is Cc1ccnc(NC(=O)c2ccc(C3SCCCS3)cc2)c1. The van der Waals surface area contributed by atoms with Crippen molar-refractivity contribution in [1.29, 1.82) is 0 Å². The standard InChI is InChI=1S/C17H18N2OS2/c1-12-7-8-18-15(11-12)19-16(20)13-3-5-14(6-4-13)17-21-9-2-10-22-17/h3-8,11,17H,2,9-10H2,1H3,(H,18,19,20). The summed E-state index contributed by atoms with van der Waals surface area (Å²) in [5.74, 6) is 2.92. The Hall–Kier alpha value is -1.46. The van der Waals surface area contributed by atoms with E-state index >= 15 is 0 Å². The van der Waals surface area contributed by atoms with Crippen LogP contribution in [-0.4, -0.2) is 22.4 Å². The van der Waals surface area contributed by atoms with Crippen molar-refractivity contribution in [2.24, 2.45) is 0 Å². The highest BCUT2D eigenvalue weighted by atomic mass is 32.2. The highest BCUT2D eigenvalue weighted by Crippen LogP contribution is 2.43. The van der Waals surface area contributed by atoms with Gasteiger partial charge in [0.15, 0.2) is 0 Å². The van der Waals surface area contributed by atoms with E-state index in [4.69, 9.17) is 0 Å². The molecule has 1 saturated heterocycles. The summed E-state index contributed by atoms with van der Waals surface area (Å²) >= 11 is 3.97. The third-order valence-electron chi connectivity index (χ3n) is 3.43. The van der Waals surface area contributed by atoms with Crippen LogP contribution < -0.4 is 5.32 Å². The maximum absolute atomic E-state index is 12.3. The summed E-state index contributed by atoms with van der Waals surface area (Å²) in [6.07, 6.45) is 2.99. The Balaban J connectivity index is 1.68. The molecule has 0 saturated carbocycles. The first-order valence-corrected chi connectivity index (χ1v) is 9.39. The third-order valence-corrected chi connectivity index (χ3v) is 6.44. The van der Waals surface area contributed by atoms with Gasteiger partial charge in [0.25, 0.3) is 5.91 Å². The number of nitrogens with zero attached hydrogens (tertiary/aromatic N) is 1. The molecule has 0 aliphatic carbocycles. The van der Waals surface area contributed by atoms with Gasteiger partial charge < -0.3 is 5.32 Å². The van der Waals surface area contributed by atoms with Crippen molar-refractivity contribution < 1.29 is 4.79 Å². The van der Waals surface area contributed by atoms with Crippen LogP contribution in [0.25, 0.3) is 0 Å². The van der Waals surface area contributed by atoms with E-state index in [2.05, 4.69) is 22.4 Å². The number of thioether (sulfide) groups is 2. The molecule has 2 aromatic rings. The number of rotatable bonds is 3. The first kappa shape index (κ1) is 15.4. The summed E-state index contributed by atoms with van der Waals surface area (Å²) in [6, 6.07) is 11.7. The Kier molecular flexibility index (Phi) is 5.05. The average molecular weight is 330 g/mol. The van der Waals surface area contributed by atoms with Crippen LogP contribution >= 0.6 is 23.5 Å². The monoisotopic (exact) mass is 330 g/mol. The zero-order chi connectivity index (χ0) is 15.4. The third kappa shape index (κ3) is 3.84. The second-order valence-electron chi connectivity index (χ2n) is 5.22. The van der Waals surface area contributed by atoms with Crippen molar-refractivity contribution in [2.75, 3.05) is 16.8 Å². The Bertz CT molecular complexity index is 652. The zero-order valence-electron chi connectivity index (χ0n) is 12.4. The van der Waals surface area contributed by atoms with Crippen LogP contribution in [0.15, 0.2) is 42.6 Å². The lowest BCUT2D eigenvalue weighted by Crippen LogP contribution is -2.13. The molecule has 1 aliphatic rings. The minimum atomic E-state index is -0.117. The molecule has 22 heavy (non-hydrogen) atoms. The largest absolute Gasteiger partial charge is 0.307 e. The first-order chi connectivity index (χ1) is 10.7. The van der Waals surface area contributed by atoms with Gasteiger partial charge in [0, 0.05) is 11.8 Å². The van der Waals surface area contributed by atoms with Gasteiger partial charge >= 0.3 is 0 Å².